The summed E-state index contributed by atoms with van der Waals surface area (Å²) in [6.07, 6.45) is -4.76. The highest BCUT2D eigenvalue weighted by atomic mass is 32.1. The standard InChI is InChI=1S/C19H14F3N3O3S.CH4/c1-18(27,10-28-14-6-3-12(4-7-14)24-11-29)17(26)25-13-5-8-16(23-2)15(9-13)19(20,21)22;/h3-9,27H,10H2,1H3,(H,25,26);1H4/t18-;/m0./s1/i;1T. The Kier molecular flexibility index (Phi) is 7.66. The molecule has 1 atom stereocenters. The van der Waals surface area contributed by atoms with Gasteiger partial charge in [0.2, 0.25) is 0 Å². The second-order valence-corrected chi connectivity index (χ2v) is 6.24. The highest BCUT2D eigenvalue weighted by Gasteiger charge is 2.35. The number of hydrogen-bond donors (Lipinski definition) is 2. The first-order valence-electron chi connectivity index (χ1n) is 9.00. The van der Waals surface area contributed by atoms with Crippen LogP contribution in [0.25, 0.3) is 4.85 Å². The smallest absolute Gasteiger partial charge is 0.407 e. The minimum absolute atomic E-state index is 0.211. The number of nitrogens with one attached hydrogen (secondary N) is 1. The summed E-state index contributed by atoms with van der Waals surface area (Å²) in [5, 5.41) is 14.7. The van der Waals surface area contributed by atoms with Gasteiger partial charge in [0, 0.05) is 7.06 Å². The fourth-order valence-electron chi connectivity index (χ4n) is 2.16. The molecular weight excluding hydrogens is 419 g/mol. The van der Waals surface area contributed by atoms with Gasteiger partial charge in [-0.1, -0.05) is 13.5 Å². The van der Waals surface area contributed by atoms with Gasteiger partial charge in [0.1, 0.15) is 12.4 Å². The number of nitrogens with zero attached hydrogens (tertiary/aromatic N) is 2. The number of halogens is 3. The van der Waals surface area contributed by atoms with E-state index < -0.39 is 35.5 Å². The average molecular weight is 439 g/mol. The van der Waals surface area contributed by atoms with Crippen molar-refractivity contribution in [3.05, 3.63) is 59.4 Å². The minimum atomic E-state index is -4.76. The van der Waals surface area contributed by atoms with Crippen molar-refractivity contribution in [2.75, 3.05) is 11.9 Å². The lowest BCUT2D eigenvalue weighted by atomic mass is 10.1. The van der Waals surface area contributed by atoms with Gasteiger partial charge < -0.3 is 15.2 Å². The van der Waals surface area contributed by atoms with Crippen LogP contribution < -0.4 is 10.1 Å². The van der Waals surface area contributed by atoms with Gasteiger partial charge in [-0.2, -0.15) is 18.2 Å². The number of hydrogen-bond acceptors (Lipinski definition) is 5. The number of aliphatic hydroxyl groups is 1. The van der Waals surface area contributed by atoms with Gasteiger partial charge in [-0.05, 0) is 55.5 Å². The van der Waals surface area contributed by atoms with E-state index >= 15 is 0 Å². The van der Waals surface area contributed by atoms with Crippen LogP contribution in [0.3, 0.4) is 0 Å². The molecule has 2 aromatic carbocycles. The van der Waals surface area contributed by atoms with Gasteiger partial charge >= 0.3 is 6.18 Å². The number of thiocarbonyl (C=S) groups is 1. The number of carbonyl (C=O) groups is 1. The summed E-state index contributed by atoms with van der Waals surface area (Å²) in [6.45, 7) is 7.52. The van der Waals surface area contributed by atoms with Gasteiger partial charge in [-0.15, -0.1) is 0 Å². The molecule has 0 aliphatic heterocycles. The van der Waals surface area contributed by atoms with Crippen LogP contribution in [0, 0.1) is 6.57 Å². The Morgan fingerprint density at radius 2 is 2.00 bits per heavy atom. The summed E-state index contributed by atoms with van der Waals surface area (Å²) in [5.74, 6) is -0.634. The molecule has 0 aromatic heterocycles. The quantitative estimate of drug-likeness (QED) is 0.359. The third-order valence-electron chi connectivity index (χ3n) is 3.70. The van der Waals surface area contributed by atoms with Crippen LogP contribution in [0.5, 0.6) is 5.75 Å². The van der Waals surface area contributed by atoms with Crippen molar-refractivity contribution in [3.8, 4) is 5.75 Å². The van der Waals surface area contributed by atoms with Crippen molar-refractivity contribution in [1.29, 1.82) is 0 Å². The summed E-state index contributed by atoms with van der Waals surface area (Å²) >= 11 is 4.49. The van der Waals surface area contributed by atoms with E-state index in [1.807, 2.05) is 0 Å². The zero-order valence-electron chi connectivity index (χ0n) is 16.9. The largest absolute Gasteiger partial charge is 0.490 e. The maximum atomic E-state index is 13.0. The first-order valence-corrected chi connectivity index (χ1v) is 8.41. The molecule has 0 saturated heterocycles. The molecule has 0 saturated carbocycles. The first kappa shape index (κ1) is 23.0. The summed E-state index contributed by atoms with van der Waals surface area (Å²) in [5.41, 5.74) is -3.48. The lowest BCUT2D eigenvalue weighted by molar-refractivity contribution is -0.137. The summed E-state index contributed by atoms with van der Waals surface area (Å²) in [4.78, 5) is 18.9. The number of alkyl halides is 3. The van der Waals surface area contributed by atoms with E-state index in [1.54, 1.807) is 12.1 Å². The Bertz CT molecular complexity index is 999. The number of rotatable bonds is 6. The topological polar surface area (TPSA) is 75.3 Å². The zero-order valence-corrected chi connectivity index (χ0v) is 16.8. The van der Waals surface area contributed by atoms with E-state index in [-0.39, 0.29) is 5.69 Å². The lowest BCUT2D eigenvalue weighted by Crippen LogP contribution is -2.45. The van der Waals surface area contributed by atoms with Gasteiger partial charge in [-0.25, -0.2) is 4.85 Å². The van der Waals surface area contributed by atoms with Crippen molar-refractivity contribution >= 4 is 40.3 Å². The van der Waals surface area contributed by atoms with E-state index in [1.165, 1.54) is 19.5 Å². The molecule has 0 spiro atoms. The molecule has 0 radical (unpaired) electrons. The highest BCUT2D eigenvalue weighted by Crippen LogP contribution is 2.38. The summed E-state index contributed by atoms with van der Waals surface area (Å²) in [6, 6.07) is 8.98. The zero-order chi connectivity index (χ0) is 23.7. The molecule has 6 nitrogen and oxygen atoms in total. The van der Waals surface area contributed by atoms with Crippen LogP contribution in [-0.2, 0) is 11.0 Å². The Labute approximate surface area is 178 Å². The number of amides is 1. The molecule has 0 bridgehead atoms. The van der Waals surface area contributed by atoms with Gasteiger partial charge in [0.25, 0.3) is 5.91 Å². The predicted molar refractivity (Wildman–Crippen MR) is 110 cm³/mol. The number of carbonyl (C=O) groups excluding carboxylic acids is 1. The molecule has 0 aliphatic rings. The number of isothiocyanates is 1. The molecule has 2 aromatic rings. The van der Waals surface area contributed by atoms with Crippen LogP contribution in [0.1, 0.15) is 21.3 Å². The molecule has 2 N–H and O–H groups in total. The van der Waals surface area contributed by atoms with E-state index in [0.717, 1.165) is 19.1 Å². The molecule has 0 heterocycles. The van der Waals surface area contributed by atoms with Crippen LogP contribution >= 0.6 is 12.2 Å². The summed E-state index contributed by atoms with van der Waals surface area (Å²) < 4.78 is 50.2. The molecule has 10 heteroatoms. The van der Waals surface area contributed by atoms with Crippen LogP contribution in [-0.4, -0.2) is 28.4 Å². The molecule has 2 rings (SSSR count). The van der Waals surface area contributed by atoms with Crippen molar-refractivity contribution in [2.45, 2.75) is 26.1 Å². The monoisotopic (exact) mass is 439 g/mol. The molecule has 30 heavy (non-hydrogen) atoms. The van der Waals surface area contributed by atoms with E-state index in [0.29, 0.717) is 17.5 Å². The van der Waals surface area contributed by atoms with Crippen LogP contribution in [0.2, 0.25) is 0 Å². The van der Waals surface area contributed by atoms with Crippen molar-refractivity contribution in [3.63, 3.8) is 0 Å². The Morgan fingerprint density at radius 1 is 1.37 bits per heavy atom. The van der Waals surface area contributed by atoms with E-state index in [9.17, 15) is 23.1 Å². The number of benzene rings is 2. The van der Waals surface area contributed by atoms with Gasteiger partial charge in [-0.3, -0.25) is 4.79 Å². The number of anilines is 1. The molecule has 0 fully saturated rings. The van der Waals surface area contributed by atoms with Crippen molar-refractivity contribution < 1.29 is 29.2 Å². The lowest BCUT2D eigenvalue weighted by Gasteiger charge is -2.23. The Balaban J connectivity index is 0.00000233. The van der Waals surface area contributed by atoms with Gasteiger partial charge in [0.15, 0.2) is 11.3 Å². The average Bonchev–Trinajstić information content (AvgIpc) is 2.74. The number of aliphatic imine (C=N–C) groups is 1. The third-order valence-corrected chi connectivity index (χ3v) is 3.79. The van der Waals surface area contributed by atoms with Crippen LogP contribution in [0.4, 0.5) is 30.2 Å². The van der Waals surface area contributed by atoms with Gasteiger partial charge in [0.05, 0.1) is 23.0 Å². The SMILES string of the molecule is [3H]C.[C-]#[N+]c1ccc(NC(=O)[C@@](C)(O)COc2ccc(N=C=S)cc2)cc1C(F)(F)F. The van der Waals surface area contributed by atoms with E-state index in [4.69, 9.17) is 12.7 Å². The van der Waals surface area contributed by atoms with Crippen molar-refractivity contribution in [1.82, 2.24) is 0 Å². The number of ether oxygens (including phenoxy) is 1. The minimum Gasteiger partial charge on any atom is -0.490 e. The Hall–Kier alpha value is -3.25. The fourth-order valence-corrected chi connectivity index (χ4v) is 2.27. The Morgan fingerprint density at radius 3 is 2.53 bits per heavy atom. The molecule has 0 aliphatic carbocycles. The molecule has 158 valence electrons. The first-order chi connectivity index (χ1) is 14.6. The maximum absolute atomic E-state index is 13.0. The predicted octanol–water partition coefficient (Wildman–Crippen LogP) is 5.40. The highest BCUT2D eigenvalue weighted by molar-refractivity contribution is 7.78. The molecule has 1 amide bonds. The summed E-state index contributed by atoms with van der Waals surface area (Å²) in [7, 11) is 1.25. The van der Waals surface area contributed by atoms with Crippen molar-refractivity contribution in [2.24, 2.45) is 4.99 Å². The maximum Gasteiger partial charge on any atom is 0.407 e. The third kappa shape index (κ3) is 6.39. The molecule has 0 unspecified atom stereocenters. The fraction of sp³-hybridized carbons (Fsp3) is 0.250. The normalized spacial score (nSPS) is 12.6. The van der Waals surface area contributed by atoms with Crippen LogP contribution in [0.15, 0.2) is 47.5 Å². The second kappa shape index (κ2) is 9.98. The molecular formula is C20H18F3N3O3S. The second-order valence-electron chi connectivity index (χ2n) is 6.06. The van der Waals surface area contributed by atoms with E-state index in [2.05, 4.69) is 32.5 Å².